The summed E-state index contributed by atoms with van der Waals surface area (Å²) >= 11 is 5.99. The van der Waals surface area contributed by atoms with E-state index in [0.29, 0.717) is 10.5 Å². The van der Waals surface area contributed by atoms with Gasteiger partial charge in [0.15, 0.2) is 0 Å². The molecular formula is C20H23BClFO3. The van der Waals surface area contributed by atoms with Crippen molar-refractivity contribution < 1.29 is 18.4 Å². The average molecular weight is 377 g/mol. The molecule has 1 saturated heterocycles. The minimum absolute atomic E-state index is 0.280. The maximum Gasteiger partial charge on any atom is 0.495 e. The number of aryl methyl sites for hydroxylation is 1. The Labute approximate surface area is 159 Å². The second-order valence-electron chi connectivity index (χ2n) is 7.63. The lowest BCUT2D eigenvalue weighted by Gasteiger charge is -2.32. The number of benzene rings is 2. The molecule has 1 heterocycles. The summed E-state index contributed by atoms with van der Waals surface area (Å²) in [7, 11) is -0.638. The molecule has 0 bridgehead atoms. The van der Waals surface area contributed by atoms with Crippen LogP contribution < -0.4 is 10.2 Å². The van der Waals surface area contributed by atoms with Crippen LogP contribution in [0.3, 0.4) is 0 Å². The Morgan fingerprint density at radius 3 is 2.31 bits per heavy atom. The van der Waals surface area contributed by atoms with Crippen molar-refractivity contribution in [3.05, 3.63) is 58.4 Å². The summed E-state index contributed by atoms with van der Waals surface area (Å²) in [6.07, 6.45) is 0. The van der Waals surface area contributed by atoms with E-state index < -0.39 is 18.3 Å². The zero-order valence-corrected chi connectivity index (χ0v) is 16.5. The Balaban J connectivity index is 1.85. The lowest BCUT2D eigenvalue weighted by atomic mass is 9.76. The van der Waals surface area contributed by atoms with E-state index in [9.17, 15) is 4.39 Å². The van der Waals surface area contributed by atoms with Gasteiger partial charge in [-0.15, -0.1) is 0 Å². The first-order chi connectivity index (χ1) is 12.1. The van der Waals surface area contributed by atoms with Crippen molar-refractivity contribution in [1.82, 2.24) is 0 Å². The van der Waals surface area contributed by atoms with Gasteiger partial charge in [0, 0.05) is 5.02 Å². The fraction of sp³-hybridized carbons (Fsp3) is 0.400. The van der Waals surface area contributed by atoms with E-state index in [-0.39, 0.29) is 12.4 Å². The molecule has 1 fully saturated rings. The SMILES string of the molecule is Cc1cc(Cl)ccc1OCc1ccc(F)cc1B1OC(C)(C)C(C)(C)O1. The molecule has 3 nitrogen and oxygen atoms in total. The van der Waals surface area contributed by atoms with E-state index in [1.807, 2.05) is 46.8 Å². The molecule has 1 aliphatic rings. The van der Waals surface area contributed by atoms with E-state index in [1.54, 1.807) is 12.1 Å². The summed E-state index contributed by atoms with van der Waals surface area (Å²) in [5.41, 5.74) is 1.43. The van der Waals surface area contributed by atoms with Gasteiger partial charge < -0.3 is 14.0 Å². The van der Waals surface area contributed by atoms with E-state index >= 15 is 0 Å². The number of halogens is 2. The molecular weight excluding hydrogens is 353 g/mol. The molecule has 1 aliphatic heterocycles. The molecule has 26 heavy (non-hydrogen) atoms. The highest BCUT2D eigenvalue weighted by atomic mass is 35.5. The van der Waals surface area contributed by atoms with Crippen LogP contribution >= 0.6 is 11.6 Å². The molecule has 2 aromatic rings. The largest absolute Gasteiger partial charge is 0.495 e. The van der Waals surface area contributed by atoms with Crippen LogP contribution in [0, 0.1) is 12.7 Å². The average Bonchev–Trinajstić information content (AvgIpc) is 2.75. The predicted octanol–water partition coefficient (Wildman–Crippen LogP) is 4.67. The van der Waals surface area contributed by atoms with Gasteiger partial charge in [-0.2, -0.15) is 0 Å². The number of ether oxygens (including phenoxy) is 1. The second kappa shape index (κ2) is 6.88. The quantitative estimate of drug-likeness (QED) is 0.726. The molecule has 0 radical (unpaired) electrons. The Bertz CT molecular complexity index is 807. The minimum Gasteiger partial charge on any atom is -0.489 e. The van der Waals surface area contributed by atoms with Gasteiger partial charge >= 0.3 is 7.12 Å². The topological polar surface area (TPSA) is 27.7 Å². The molecule has 0 amide bonds. The van der Waals surface area contributed by atoms with Gasteiger partial charge in [0.05, 0.1) is 11.2 Å². The van der Waals surface area contributed by atoms with Crippen LogP contribution in [0.2, 0.25) is 5.02 Å². The summed E-state index contributed by atoms with van der Waals surface area (Å²) in [4.78, 5) is 0. The maximum atomic E-state index is 13.9. The summed E-state index contributed by atoms with van der Waals surface area (Å²) in [6, 6.07) is 10.0. The van der Waals surface area contributed by atoms with Crippen LogP contribution in [0.15, 0.2) is 36.4 Å². The van der Waals surface area contributed by atoms with Gasteiger partial charge in [-0.1, -0.05) is 17.7 Å². The first-order valence-electron chi connectivity index (χ1n) is 8.62. The molecule has 0 aliphatic carbocycles. The number of rotatable bonds is 4. The van der Waals surface area contributed by atoms with E-state index in [1.165, 1.54) is 12.1 Å². The second-order valence-corrected chi connectivity index (χ2v) is 8.07. The van der Waals surface area contributed by atoms with Crippen molar-refractivity contribution in [2.45, 2.75) is 52.4 Å². The Kier molecular flexibility index (Phi) is 5.08. The van der Waals surface area contributed by atoms with Gasteiger partial charge in [-0.05, 0) is 81.5 Å². The third-order valence-corrected chi connectivity index (χ3v) is 5.37. The van der Waals surface area contributed by atoms with E-state index in [4.69, 9.17) is 25.6 Å². The Hall–Kier alpha value is -1.56. The van der Waals surface area contributed by atoms with Crippen LogP contribution in [0.5, 0.6) is 5.75 Å². The third-order valence-electron chi connectivity index (χ3n) is 5.14. The van der Waals surface area contributed by atoms with Crippen LogP contribution in [0.1, 0.15) is 38.8 Å². The van der Waals surface area contributed by atoms with Crippen LogP contribution in [-0.2, 0) is 15.9 Å². The highest BCUT2D eigenvalue weighted by Crippen LogP contribution is 2.36. The zero-order chi connectivity index (χ0) is 19.1. The number of hydrogen-bond donors (Lipinski definition) is 0. The van der Waals surface area contributed by atoms with Gasteiger partial charge in [0.25, 0.3) is 0 Å². The van der Waals surface area contributed by atoms with E-state index in [0.717, 1.165) is 16.9 Å². The highest BCUT2D eigenvalue weighted by Gasteiger charge is 2.52. The molecule has 138 valence electrons. The smallest absolute Gasteiger partial charge is 0.489 e. The lowest BCUT2D eigenvalue weighted by molar-refractivity contribution is 0.00578. The first-order valence-corrected chi connectivity index (χ1v) is 9.00. The summed E-state index contributed by atoms with van der Waals surface area (Å²) in [6.45, 7) is 10.1. The minimum atomic E-state index is -0.638. The predicted molar refractivity (Wildman–Crippen MR) is 103 cm³/mol. The third kappa shape index (κ3) is 3.75. The van der Waals surface area contributed by atoms with Crippen molar-refractivity contribution in [2.24, 2.45) is 0 Å². The molecule has 0 aromatic heterocycles. The standard InChI is InChI=1S/C20H23BClFO3/c1-13-10-15(22)7-9-18(13)24-12-14-6-8-16(23)11-17(14)21-25-19(2,3)20(4,5)26-21/h6-11H,12H2,1-5H3. The van der Waals surface area contributed by atoms with Gasteiger partial charge in [0.2, 0.25) is 0 Å². The fourth-order valence-electron chi connectivity index (χ4n) is 2.82. The summed E-state index contributed by atoms with van der Waals surface area (Å²) in [5.74, 6) is 0.403. The fourth-order valence-corrected chi connectivity index (χ4v) is 3.04. The highest BCUT2D eigenvalue weighted by molar-refractivity contribution is 6.62. The maximum absolute atomic E-state index is 13.9. The van der Waals surface area contributed by atoms with Crippen LogP contribution in [0.25, 0.3) is 0 Å². The molecule has 0 atom stereocenters. The molecule has 3 rings (SSSR count). The monoisotopic (exact) mass is 376 g/mol. The Morgan fingerprint density at radius 2 is 1.69 bits per heavy atom. The zero-order valence-electron chi connectivity index (χ0n) is 15.7. The van der Waals surface area contributed by atoms with E-state index in [2.05, 4.69) is 0 Å². The van der Waals surface area contributed by atoms with Crippen molar-refractivity contribution in [3.8, 4) is 5.75 Å². The van der Waals surface area contributed by atoms with Gasteiger partial charge in [0.1, 0.15) is 18.2 Å². The lowest BCUT2D eigenvalue weighted by Crippen LogP contribution is -2.41. The van der Waals surface area contributed by atoms with Crippen LogP contribution in [0.4, 0.5) is 4.39 Å². The molecule has 2 aromatic carbocycles. The molecule has 0 saturated carbocycles. The van der Waals surface area contributed by atoms with Crippen molar-refractivity contribution in [3.63, 3.8) is 0 Å². The van der Waals surface area contributed by atoms with Crippen molar-refractivity contribution in [2.75, 3.05) is 0 Å². The normalized spacial score (nSPS) is 18.2. The van der Waals surface area contributed by atoms with Crippen molar-refractivity contribution in [1.29, 1.82) is 0 Å². The van der Waals surface area contributed by atoms with Crippen LogP contribution in [-0.4, -0.2) is 18.3 Å². The molecule has 0 N–H and O–H groups in total. The van der Waals surface area contributed by atoms with Crippen molar-refractivity contribution >= 4 is 24.2 Å². The first kappa shape index (κ1) is 19.2. The van der Waals surface area contributed by atoms with Gasteiger partial charge in [-0.25, -0.2) is 4.39 Å². The molecule has 0 spiro atoms. The summed E-state index contributed by atoms with van der Waals surface area (Å²) < 4.78 is 32.0. The summed E-state index contributed by atoms with van der Waals surface area (Å²) in [5, 5.41) is 0.662. The Morgan fingerprint density at radius 1 is 1.04 bits per heavy atom. The van der Waals surface area contributed by atoms with Gasteiger partial charge in [-0.3, -0.25) is 0 Å². The molecule has 0 unspecified atom stereocenters. The molecule has 6 heteroatoms. The number of hydrogen-bond acceptors (Lipinski definition) is 3.